The lowest BCUT2D eigenvalue weighted by atomic mass is 9.88. The van der Waals surface area contributed by atoms with Crippen LogP contribution in [0.25, 0.3) is 5.76 Å². The fourth-order valence-corrected chi connectivity index (χ4v) is 2.85. The predicted octanol–water partition coefficient (Wildman–Crippen LogP) is 4.91. The molecule has 0 bridgehead atoms. The molecule has 110 valence electrons. The largest absolute Gasteiger partial charge is 0.507 e. The molecule has 1 aromatic rings. The molecule has 1 heterocycles. The van der Waals surface area contributed by atoms with Crippen molar-refractivity contribution in [1.29, 1.82) is 0 Å². The van der Waals surface area contributed by atoms with Gasteiger partial charge in [0.25, 0.3) is 0 Å². The van der Waals surface area contributed by atoms with Gasteiger partial charge < -0.3 is 5.11 Å². The summed E-state index contributed by atoms with van der Waals surface area (Å²) in [4.78, 5) is 0. The zero-order valence-corrected chi connectivity index (χ0v) is 12.5. The lowest BCUT2D eigenvalue weighted by molar-refractivity contribution is 0.173. The van der Waals surface area contributed by atoms with Gasteiger partial charge >= 0.3 is 0 Å². The zero-order chi connectivity index (χ0) is 14.6. The van der Waals surface area contributed by atoms with E-state index in [2.05, 4.69) is 6.92 Å². The van der Waals surface area contributed by atoms with Gasteiger partial charge in [-0.25, -0.2) is 5.06 Å². The van der Waals surface area contributed by atoms with E-state index in [0.717, 1.165) is 12.8 Å². The number of para-hydroxylation sites is 1. The molecule has 0 spiro atoms. The topological polar surface area (TPSA) is 43.7 Å². The number of unbranched alkanes of at least 4 members (excludes halogenated alkanes) is 4. The molecule has 1 aliphatic heterocycles. The lowest BCUT2D eigenvalue weighted by Gasteiger charge is -2.40. The van der Waals surface area contributed by atoms with Crippen LogP contribution in [0.5, 0.6) is 0 Å². The van der Waals surface area contributed by atoms with Crippen LogP contribution in [-0.2, 0) is 0 Å². The Morgan fingerprint density at radius 2 is 1.80 bits per heavy atom. The first-order valence-electron chi connectivity index (χ1n) is 7.59. The maximum absolute atomic E-state index is 10.5. The fraction of sp³-hybridized carbons (Fsp3) is 0.529. The van der Waals surface area contributed by atoms with Gasteiger partial charge in [-0.05, 0) is 31.6 Å². The van der Waals surface area contributed by atoms with Crippen molar-refractivity contribution in [3.8, 4) is 0 Å². The van der Waals surface area contributed by atoms with Crippen LogP contribution in [0.15, 0.2) is 30.3 Å². The molecule has 0 saturated carbocycles. The first kappa shape index (κ1) is 14.9. The molecule has 2 rings (SSSR count). The monoisotopic (exact) mass is 275 g/mol. The van der Waals surface area contributed by atoms with E-state index in [1.165, 1.54) is 30.7 Å². The Morgan fingerprint density at radius 1 is 1.10 bits per heavy atom. The minimum atomic E-state index is -0.523. The Kier molecular flexibility index (Phi) is 4.71. The molecule has 1 unspecified atom stereocenters. The van der Waals surface area contributed by atoms with Crippen molar-refractivity contribution < 1.29 is 10.3 Å². The summed E-state index contributed by atoms with van der Waals surface area (Å²) < 4.78 is 0. The van der Waals surface area contributed by atoms with Crippen molar-refractivity contribution in [2.24, 2.45) is 0 Å². The average molecular weight is 275 g/mol. The Hall–Kier alpha value is -1.48. The van der Waals surface area contributed by atoms with Gasteiger partial charge in [0, 0.05) is 5.56 Å². The van der Waals surface area contributed by atoms with Crippen LogP contribution < -0.4 is 5.06 Å². The zero-order valence-electron chi connectivity index (χ0n) is 12.5. The first-order valence-corrected chi connectivity index (χ1v) is 7.59. The molecule has 3 nitrogen and oxygen atoms in total. The molecule has 0 radical (unpaired) electrons. The second-order valence-electron chi connectivity index (χ2n) is 5.88. The number of hydrogen-bond acceptors (Lipinski definition) is 3. The van der Waals surface area contributed by atoms with Crippen molar-refractivity contribution in [1.82, 2.24) is 0 Å². The summed E-state index contributed by atoms with van der Waals surface area (Å²) >= 11 is 0. The Bertz CT molecular complexity index is 484. The SMILES string of the molecule is CCCCCCCC1(C)C=C(O)c2ccccc2N1O. The second kappa shape index (κ2) is 6.31. The molecule has 1 atom stereocenters. The summed E-state index contributed by atoms with van der Waals surface area (Å²) in [6, 6.07) is 7.41. The van der Waals surface area contributed by atoms with E-state index in [1.54, 1.807) is 6.08 Å². The minimum absolute atomic E-state index is 0.266. The highest BCUT2D eigenvalue weighted by molar-refractivity contribution is 5.77. The molecule has 0 amide bonds. The molecule has 20 heavy (non-hydrogen) atoms. The van der Waals surface area contributed by atoms with Crippen LogP contribution >= 0.6 is 0 Å². The molecule has 0 aliphatic carbocycles. The summed E-state index contributed by atoms with van der Waals surface area (Å²) in [7, 11) is 0. The van der Waals surface area contributed by atoms with Gasteiger partial charge in [-0.3, -0.25) is 5.21 Å². The third kappa shape index (κ3) is 2.98. The minimum Gasteiger partial charge on any atom is -0.507 e. The van der Waals surface area contributed by atoms with Gasteiger partial charge in [0.05, 0.1) is 11.2 Å². The molecule has 2 N–H and O–H groups in total. The summed E-state index contributed by atoms with van der Waals surface area (Å²) in [5.74, 6) is 0.266. The van der Waals surface area contributed by atoms with Crippen LogP contribution in [0.1, 0.15) is 57.9 Å². The Morgan fingerprint density at radius 3 is 2.55 bits per heavy atom. The van der Waals surface area contributed by atoms with Gasteiger partial charge in [0.2, 0.25) is 0 Å². The van der Waals surface area contributed by atoms with Crippen LogP contribution in [0.4, 0.5) is 5.69 Å². The van der Waals surface area contributed by atoms with Gasteiger partial charge in [0.15, 0.2) is 0 Å². The first-order chi connectivity index (χ1) is 9.58. The Balaban J connectivity index is 2.07. The lowest BCUT2D eigenvalue weighted by Crippen LogP contribution is -2.45. The van der Waals surface area contributed by atoms with Crippen molar-refractivity contribution in [2.45, 2.75) is 57.9 Å². The maximum atomic E-state index is 10.5. The van der Waals surface area contributed by atoms with Gasteiger partial charge in [0.1, 0.15) is 5.76 Å². The number of hydroxylamine groups is 1. The van der Waals surface area contributed by atoms with E-state index in [4.69, 9.17) is 0 Å². The number of benzene rings is 1. The summed E-state index contributed by atoms with van der Waals surface area (Å²) in [5.41, 5.74) is 0.854. The second-order valence-corrected chi connectivity index (χ2v) is 5.88. The number of hydrogen-bond donors (Lipinski definition) is 2. The molecular weight excluding hydrogens is 250 g/mol. The van der Waals surface area contributed by atoms with Crippen molar-refractivity contribution in [2.75, 3.05) is 5.06 Å². The third-order valence-corrected chi connectivity index (χ3v) is 4.13. The molecule has 0 fully saturated rings. The summed E-state index contributed by atoms with van der Waals surface area (Å²) in [5, 5.41) is 22.0. The summed E-state index contributed by atoms with van der Waals surface area (Å²) in [6.45, 7) is 4.18. The van der Waals surface area contributed by atoms with Gasteiger partial charge in [-0.1, -0.05) is 51.2 Å². The van der Waals surface area contributed by atoms with E-state index in [1.807, 2.05) is 31.2 Å². The molecule has 0 aromatic heterocycles. The number of rotatable bonds is 6. The maximum Gasteiger partial charge on any atom is 0.123 e. The standard InChI is InChI=1S/C17H25NO2/c1-3-4-5-6-9-12-17(2)13-16(19)14-10-7-8-11-15(14)18(17)20/h7-8,10-11,13,19-20H,3-6,9,12H2,1-2H3. The third-order valence-electron chi connectivity index (χ3n) is 4.13. The summed E-state index contributed by atoms with van der Waals surface area (Å²) in [6.07, 6.45) is 8.58. The van der Waals surface area contributed by atoms with Crippen LogP contribution in [-0.4, -0.2) is 15.9 Å². The van der Waals surface area contributed by atoms with Gasteiger partial charge in [-0.2, -0.15) is 0 Å². The number of nitrogens with zero attached hydrogens (tertiary/aromatic N) is 1. The highest BCUT2D eigenvalue weighted by Crippen LogP contribution is 2.38. The smallest absolute Gasteiger partial charge is 0.123 e. The molecule has 3 heteroatoms. The highest BCUT2D eigenvalue weighted by atomic mass is 16.5. The van der Waals surface area contributed by atoms with Crippen LogP contribution in [0.3, 0.4) is 0 Å². The number of aliphatic hydroxyl groups excluding tert-OH is 1. The van der Waals surface area contributed by atoms with Crippen LogP contribution in [0, 0.1) is 0 Å². The van der Waals surface area contributed by atoms with E-state index in [0.29, 0.717) is 11.3 Å². The van der Waals surface area contributed by atoms with Crippen molar-refractivity contribution in [3.63, 3.8) is 0 Å². The number of anilines is 1. The quantitative estimate of drug-likeness (QED) is 0.725. The van der Waals surface area contributed by atoms with E-state index >= 15 is 0 Å². The Labute approximate surface area is 121 Å². The molecule has 1 aromatic carbocycles. The molecular formula is C17H25NO2. The van der Waals surface area contributed by atoms with E-state index in [-0.39, 0.29) is 5.76 Å². The number of fused-ring (bicyclic) bond motifs is 1. The van der Waals surface area contributed by atoms with Crippen molar-refractivity contribution in [3.05, 3.63) is 35.9 Å². The van der Waals surface area contributed by atoms with E-state index in [9.17, 15) is 10.3 Å². The van der Waals surface area contributed by atoms with Gasteiger partial charge in [-0.15, -0.1) is 0 Å². The normalized spacial score (nSPS) is 21.6. The van der Waals surface area contributed by atoms with E-state index < -0.39 is 5.54 Å². The van der Waals surface area contributed by atoms with Crippen molar-refractivity contribution >= 4 is 11.4 Å². The van der Waals surface area contributed by atoms with Crippen LogP contribution in [0.2, 0.25) is 0 Å². The molecule has 0 saturated heterocycles. The number of aliphatic hydroxyl groups is 1. The average Bonchev–Trinajstić information content (AvgIpc) is 2.45. The fourth-order valence-electron chi connectivity index (χ4n) is 2.85. The molecule has 1 aliphatic rings. The predicted molar refractivity (Wildman–Crippen MR) is 83.1 cm³/mol. The highest BCUT2D eigenvalue weighted by Gasteiger charge is 2.35.